The Kier molecular flexibility index (Phi) is 3.52. The first kappa shape index (κ1) is 13.1. The Labute approximate surface area is 113 Å². The number of aryl methyl sites for hydroxylation is 1. The highest BCUT2D eigenvalue weighted by Crippen LogP contribution is 2.26. The minimum Gasteiger partial charge on any atom is -0.478 e. The lowest BCUT2D eigenvalue weighted by atomic mass is 10.1. The first-order valence-electron chi connectivity index (χ1n) is 5.34. The fourth-order valence-electron chi connectivity index (χ4n) is 1.59. The average Bonchev–Trinajstić information content (AvgIpc) is 2.77. The Balaban J connectivity index is 2.36. The van der Waals surface area contributed by atoms with Gasteiger partial charge in [-0.25, -0.2) is 4.79 Å². The first-order valence-corrected chi connectivity index (χ1v) is 5.71. The van der Waals surface area contributed by atoms with Crippen molar-refractivity contribution in [2.45, 2.75) is 6.92 Å². The van der Waals surface area contributed by atoms with Crippen LogP contribution in [0, 0.1) is 6.92 Å². The van der Waals surface area contributed by atoms with Crippen LogP contribution in [0.15, 0.2) is 24.4 Å². The standard InChI is InChI=1S/C12H10ClN3O3/c1-6-8(5-14-16-6)11(17)15-10-7(12(18)19)3-2-4-9(10)13/h2-5H,1H3,(H,14,16)(H,15,17)(H,18,19). The number of aromatic nitrogens is 2. The zero-order valence-electron chi connectivity index (χ0n) is 9.90. The number of carbonyl (C=O) groups excluding carboxylic acids is 1. The number of carboxylic acids is 1. The fourth-order valence-corrected chi connectivity index (χ4v) is 1.81. The van der Waals surface area contributed by atoms with Gasteiger partial charge in [-0.15, -0.1) is 0 Å². The van der Waals surface area contributed by atoms with Crippen LogP contribution in [0.5, 0.6) is 0 Å². The van der Waals surface area contributed by atoms with Gasteiger partial charge in [-0.3, -0.25) is 9.89 Å². The largest absolute Gasteiger partial charge is 0.478 e. The van der Waals surface area contributed by atoms with Gasteiger partial charge in [0.2, 0.25) is 0 Å². The molecule has 19 heavy (non-hydrogen) atoms. The molecule has 0 spiro atoms. The number of carbonyl (C=O) groups is 2. The monoisotopic (exact) mass is 279 g/mol. The molecule has 7 heteroatoms. The van der Waals surface area contributed by atoms with Crippen molar-refractivity contribution in [1.82, 2.24) is 10.2 Å². The van der Waals surface area contributed by atoms with Crippen LogP contribution < -0.4 is 5.32 Å². The lowest BCUT2D eigenvalue weighted by Crippen LogP contribution is -2.15. The molecule has 0 bridgehead atoms. The molecule has 1 heterocycles. The van der Waals surface area contributed by atoms with E-state index in [2.05, 4.69) is 15.5 Å². The molecule has 0 saturated heterocycles. The van der Waals surface area contributed by atoms with E-state index in [1.54, 1.807) is 6.92 Å². The van der Waals surface area contributed by atoms with Gasteiger partial charge in [0.1, 0.15) is 0 Å². The number of para-hydroxylation sites is 1. The molecule has 2 rings (SSSR count). The van der Waals surface area contributed by atoms with Crippen molar-refractivity contribution in [2.75, 3.05) is 5.32 Å². The molecule has 6 nitrogen and oxygen atoms in total. The zero-order valence-corrected chi connectivity index (χ0v) is 10.7. The van der Waals surface area contributed by atoms with Crippen molar-refractivity contribution in [3.63, 3.8) is 0 Å². The summed E-state index contributed by atoms with van der Waals surface area (Å²) < 4.78 is 0. The fraction of sp³-hybridized carbons (Fsp3) is 0.0833. The van der Waals surface area contributed by atoms with E-state index >= 15 is 0 Å². The topological polar surface area (TPSA) is 95.1 Å². The molecule has 1 aromatic carbocycles. The Bertz CT molecular complexity index is 651. The number of carboxylic acid groups (broad SMARTS) is 1. The second-order valence-electron chi connectivity index (χ2n) is 3.83. The SMILES string of the molecule is Cc1[nH]ncc1C(=O)Nc1c(Cl)cccc1C(=O)O. The van der Waals surface area contributed by atoms with Crippen LogP contribution in [0.3, 0.4) is 0 Å². The van der Waals surface area contributed by atoms with E-state index in [4.69, 9.17) is 16.7 Å². The van der Waals surface area contributed by atoms with Gasteiger partial charge in [0.05, 0.1) is 28.0 Å². The van der Waals surface area contributed by atoms with Crippen molar-refractivity contribution in [1.29, 1.82) is 0 Å². The quantitative estimate of drug-likeness (QED) is 0.803. The van der Waals surface area contributed by atoms with Crippen LogP contribution in [0.2, 0.25) is 5.02 Å². The van der Waals surface area contributed by atoms with Gasteiger partial charge in [-0.1, -0.05) is 17.7 Å². The molecule has 0 fully saturated rings. The van der Waals surface area contributed by atoms with Crippen LogP contribution in [-0.4, -0.2) is 27.2 Å². The lowest BCUT2D eigenvalue weighted by molar-refractivity contribution is 0.0698. The third-order valence-electron chi connectivity index (χ3n) is 2.56. The zero-order chi connectivity index (χ0) is 14.0. The number of rotatable bonds is 3. The number of halogens is 1. The predicted octanol–water partition coefficient (Wildman–Crippen LogP) is 2.32. The van der Waals surface area contributed by atoms with E-state index in [1.807, 2.05) is 0 Å². The summed E-state index contributed by atoms with van der Waals surface area (Å²) in [6, 6.07) is 4.38. The summed E-state index contributed by atoms with van der Waals surface area (Å²) in [5.41, 5.74) is 0.918. The highest BCUT2D eigenvalue weighted by Gasteiger charge is 2.18. The van der Waals surface area contributed by atoms with Crippen LogP contribution >= 0.6 is 11.6 Å². The van der Waals surface area contributed by atoms with E-state index in [0.29, 0.717) is 11.3 Å². The van der Waals surface area contributed by atoms with Crippen molar-refractivity contribution in [3.8, 4) is 0 Å². The molecular weight excluding hydrogens is 270 g/mol. The minimum atomic E-state index is -1.17. The molecular formula is C12H10ClN3O3. The van der Waals surface area contributed by atoms with Gasteiger partial charge < -0.3 is 10.4 Å². The second-order valence-corrected chi connectivity index (χ2v) is 4.24. The number of nitrogens with one attached hydrogen (secondary N) is 2. The molecule has 1 amide bonds. The second kappa shape index (κ2) is 5.11. The molecule has 0 atom stereocenters. The molecule has 0 saturated carbocycles. The molecule has 0 unspecified atom stereocenters. The van der Waals surface area contributed by atoms with E-state index in [0.717, 1.165) is 0 Å². The van der Waals surface area contributed by atoms with Crippen molar-refractivity contribution in [3.05, 3.63) is 46.2 Å². The van der Waals surface area contributed by atoms with Crippen molar-refractivity contribution < 1.29 is 14.7 Å². The molecule has 2 aromatic rings. The number of nitrogens with zero attached hydrogens (tertiary/aromatic N) is 1. The van der Waals surface area contributed by atoms with Crippen LogP contribution in [0.1, 0.15) is 26.4 Å². The Hall–Kier alpha value is -2.34. The smallest absolute Gasteiger partial charge is 0.337 e. The van der Waals surface area contributed by atoms with Crippen LogP contribution in [0.25, 0.3) is 0 Å². The maximum absolute atomic E-state index is 12.0. The van der Waals surface area contributed by atoms with Crippen LogP contribution in [-0.2, 0) is 0 Å². The van der Waals surface area contributed by atoms with E-state index in [-0.39, 0.29) is 16.3 Å². The number of H-pyrrole nitrogens is 1. The minimum absolute atomic E-state index is 0.0676. The molecule has 98 valence electrons. The maximum atomic E-state index is 12.0. The lowest BCUT2D eigenvalue weighted by Gasteiger charge is -2.09. The Morgan fingerprint density at radius 1 is 1.37 bits per heavy atom. The van der Waals surface area contributed by atoms with Crippen molar-refractivity contribution >= 4 is 29.2 Å². The van der Waals surface area contributed by atoms with Gasteiger partial charge in [0.25, 0.3) is 5.91 Å². The number of hydrogen-bond donors (Lipinski definition) is 3. The summed E-state index contributed by atoms with van der Waals surface area (Å²) >= 11 is 5.92. The predicted molar refractivity (Wildman–Crippen MR) is 69.7 cm³/mol. The summed E-state index contributed by atoms with van der Waals surface area (Å²) in [5, 5.41) is 18.1. The number of aromatic carboxylic acids is 1. The number of aromatic amines is 1. The molecule has 0 aliphatic rings. The van der Waals surface area contributed by atoms with Gasteiger partial charge in [-0.05, 0) is 19.1 Å². The van der Waals surface area contributed by atoms with E-state index in [1.165, 1.54) is 24.4 Å². The summed E-state index contributed by atoms with van der Waals surface area (Å²) in [6.07, 6.45) is 1.36. The average molecular weight is 280 g/mol. The van der Waals surface area contributed by atoms with Crippen molar-refractivity contribution in [2.24, 2.45) is 0 Å². The van der Waals surface area contributed by atoms with Gasteiger partial charge >= 0.3 is 5.97 Å². The number of hydrogen-bond acceptors (Lipinski definition) is 3. The summed E-state index contributed by atoms with van der Waals surface area (Å²) in [4.78, 5) is 23.1. The normalized spacial score (nSPS) is 10.2. The van der Waals surface area contributed by atoms with Crippen LogP contribution in [0.4, 0.5) is 5.69 Å². The van der Waals surface area contributed by atoms with E-state index in [9.17, 15) is 9.59 Å². The van der Waals surface area contributed by atoms with Gasteiger partial charge in [-0.2, -0.15) is 5.10 Å². The molecule has 3 N–H and O–H groups in total. The maximum Gasteiger partial charge on any atom is 0.337 e. The number of benzene rings is 1. The number of anilines is 1. The Morgan fingerprint density at radius 3 is 2.68 bits per heavy atom. The number of amides is 1. The Morgan fingerprint density at radius 2 is 2.11 bits per heavy atom. The molecule has 1 aromatic heterocycles. The summed E-state index contributed by atoms with van der Waals surface area (Å²) in [6.45, 7) is 1.69. The molecule has 0 aliphatic carbocycles. The van der Waals surface area contributed by atoms with Gasteiger partial charge in [0, 0.05) is 5.69 Å². The third-order valence-corrected chi connectivity index (χ3v) is 2.87. The molecule has 0 radical (unpaired) electrons. The molecule has 0 aliphatic heterocycles. The van der Waals surface area contributed by atoms with Gasteiger partial charge in [0.15, 0.2) is 0 Å². The van der Waals surface area contributed by atoms with E-state index < -0.39 is 11.9 Å². The summed E-state index contributed by atoms with van der Waals surface area (Å²) in [5.74, 6) is -1.64. The third kappa shape index (κ3) is 2.58. The highest BCUT2D eigenvalue weighted by atomic mass is 35.5. The highest BCUT2D eigenvalue weighted by molar-refractivity contribution is 6.34. The first-order chi connectivity index (χ1) is 9.00. The summed E-state index contributed by atoms with van der Waals surface area (Å²) in [7, 11) is 0.